The van der Waals surface area contributed by atoms with Gasteiger partial charge in [0.1, 0.15) is 9.90 Å². The molecule has 2 aromatic rings. The number of pyridine rings is 1. The number of halogens is 3. The summed E-state index contributed by atoms with van der Waals surface area (Å²) < 4.78 is 38.0. The van der Waals surface area contributed by atoms with Gasteiger partial charge in [0.25, 0.3) is 0 Å². The number of aromatic nitrogens is 2. The van der Waals surface area contributed by atoms with Crippen molar-refractivity contribution in [2.75, 3.05) is 0 Å². The Labute approximate surface area is 119 Å². The van der Waals surface area contributed by atoms with E-state index in [0.29, 0.717) is 10.0 Å². The third-order valence-corrected chi connectivity index (χ3v) is 4.36. The molecule has 9 heteroatoms. The molecule has 1 N–H and O–H groups in total. The number of carboxylic acid groups (broad SMARTS) is 1. The van der Waals surface area contributed by atoms with Gasteiger partial charge in [0.05, 0.1) is 11.3 Å². The van der Waals surface area contributed by atoms with E-state index in [1.807, 2.05) is 0 Å². The minimum absolute atomic E-state index is 0.0690. The highest BCUT2D eigenvalue weighted by Crippen LogP contribution is 2.35. The second-order valence-corrected chi connectivity index (χ2v) is 5.95. The lowest BCUT2D eigenvalue weighted by atomic mass is 10.3. The number of hydrogen-bond acceptors (Lipinski definition) is 5. The summed E-state index contributed by atoms with van der Waals surface area (Å²) in [6, 6.07) is 1.78. The van der Waals surface area contributed by atoms with E-state index in [2.05, 4.69) is 9.97 Å². The maximum Gasteiger partial charge on any atom is 0.416 e. The molecule has 4 nitrogen and oxygen atoms in total. The van der Waals surface area contributed by atoms with Crippen LogP contribution in [0.3, 0.4) is 0 Å². The molecule has 0 amide bonds. The van der Waals surface area contributed by atoms with Gasteiger partial charge in [0.2, 0.25) is 0 Å². The van der Waals surface area contributed by atoms with Crippen molar-refractivity contribution in [2.24, 2.45) is 0 Å². The van der Waals surface area contributed by atoms with Gasteiger partial charge in [-0.3, -0.25) is 0 Å². The maximum atomic E-state index is 12.6. The van der Waals surface area contributed by atoms with Crippen molar-refractivity contribution in [3.63, 3.8) is 0 Å². The molecule has 0 aliphatic carbocycles. The Hall–Kier alpha value is -1.61. The zero-order valence-corrected chi connectivity index (χ0v) is 11.6. The van der Waals surface area contributed by atoms with E-state index in [9.17, 15) is 18.0 Å². The molecule has 0 aromatic carbocycles. The monoisotopic (exact) mass is 320 g/mol. The molecule has 0 bridgehead atoms. The van der Waals surface area contributed by atoms with E-state index in [1.165, 1.54) is 6.92 Å². The number of carboxylic acids is 1. The molecule has 0 saturated carbocycles. The van der Waals surface area contributed by atoms with Crippen LogP contribution in [0.4, 0.5) is 13.2 Å². The number of rotatable bonds is 3. The SMILES string of the molecule is Cc1nc(Sc2cc(C(F)(F)F)ccn2)sc1C(=O)O. The van der Waals surface area contributed by atoms with Gasteiger partial charge in [-0.2, -0.15) is 13.2 Å². The number of carbonyl (C=O) groups is 1. The summed E-state index contributed by atoms with van der Waals surface area (Å²) in [5.74, 6) is -1.11. The van der Waals surface area contributed by atoms with E-state index in [-0.39, 0.29) is 9.90 Å². The van der Waals surface area contributed by atoms with Crippen LogP contribution < -0.4 is 0 Å². The molecule has 0 spiro atoms. The van der Waals surface area contributed by atoms with Crippen molar-refractivity contribution in [1.82, 2.24) is 9.97 Å². The van der Waals surface area contributed by atoms with Gasteiger partial charge in [-0.25, -0.2) is 14.8 Å². The van der Waals surface area contributed by atoms with Gasteiger partial charge in [-0.1, -0.05) is 11.3 Å². The first-order chi connectivity index (χ1) is 9.27. The van der Waals surface area contributed by atoms with Gasteiger partial charge < -0.3 is 5.11 Å². The zero-order chi connectivity index (χ0) is 14.9. The van der Waals surface area contributed by atoms with E-state index in [4.69, 9.17) is 5.11 Å². The Morgan fingerprint density at radius 3 is 2.70 bits per heavy atom. The Morgan fingerprint density at radius 2 is 2.15 bits per heavy atom. The second-order valence-electron chi connectivity index (χ2n) is 3.68. The van der Waals surface area contributed by atoms with Gasteiger partial charge in [0.15, 0.2) is 4.34 Å². The zero-order valence-electron chi connectivity index (χ0n) is 9.93. The van der Waals surface area contributed by atoms with Crippen LogP contribution in [0.1, 0.15) is 20.9 Å². The number of aryl methyl sites for hydroxylation is 1. The van der Waals surface area contributed by atoms with Crippen LogP contribution in [0.2, 0.25) is 0 Å². The molecule has 0 aliphatic rings. The first kappa shape index (κ1) is 14.8. The molecule has 0 aliphatic heterocycles. The highest BCUT2D eigenvalue weighted by atomic mass is 32.2. The maximum absolute atomic E-state index is 12.6. The number of aromatic carboxylic acids is 1. The van der Waals surface area contributed by atoms with Crippen molar-refractivity contribution in [1.29, 1.82) is 0 Å². The minimum atomic E-state index is -4.44. The predicted octanol–water partition coefficient (Wildman–Crippen LogP) is 3.71. The molecular formula is C11H7F3N2O2S2. The average Bonchev–Trinajstić information content (AvgIpc) is 2.69. The summed E-state index contributed by atoms with van der Waals surface area (Å²) in [7, 11) is 0. The summed E-state index contributed by atoms with van der Waals surface area (Å²) in [4.78, 5) is 18.8. The van der Waals surface area contributed by atoms with E-state index in [0.717, 1.165) is 41.4 Å². The highest BCUT2D eigenvalue weighted by Gasteiger charge is 2.30. The highest BCUT2D eigenvalue weighted by molar-refractivity contribution is 8.01. The lowest BCUT2D eigenvalue weighted by Crippen LogP contribution is -2.04. The largest absolute Gasteiger partial charge is 0.477 e. The summed E-state index contributed by atoms with van der Waals surface area (Å²) in [5.41, 5.74) is -0.473. The fourth-order valence-electron chi connectivity index (χ4n) is 1.34. The molecule has 0 unspecified atom stereocenters. The second kappa shape index (κ2) is 5.41. The fourth-order valence-corrected chi connectivity index (χ4v) is 3.32. The quantitative estimate of drug-likeness (QED) is 0.934. The Morgan fingerprint density at radius 1 is 1.45 bits per heavy atom. The summed E-state index contributed by atoms with van der Waals surface area (Å²) in [6.45, 7) is 1.53. The molecule has 2 rings (SSSR count). The molecular weight excluding hydrogens is 313 g/mol. The van der Waals surface area contributed by atoms with Gasteiger partial charge in [-0.05, 0) is 30.8 Å². The molecule has 2 heterocycles. The molecule has 2 aromatic heterocycles. The molecule has 106 valence electrons. The molecule has 0 atom stereocenters. The van der Waals surface area contributed by atoms with Crippen molar-refractivity contribution in [2.45, 2.75) is 22.5 Å². The number of alkyl halides is 3. The van der Waals surface area contributed by atoms with Crippen molar-refractivity contribution >= 4 is 29.1 Å². The lowest BCUT2D eigenvalue weighted by Gasteiger charge is -2.06. The smallest absolute Gasteiger partial charge is 0.416 e. The molecule has 0 radical (unpaired) electrons. The van der Waals surface area contributed by atoms with E-state index >= 15 is 0 Å². The van der Waals surface area contributed by atoms with Gasteiger partial charge >= 0.3 is 12.1 Å². The van der Waals surface area contributed by atoms with Crippen LogP contribution in [0.15, 0.2) is 27.7 Å². The lowest BCUT2D eigenvalue weighted by molar-refractivity contribution is -0.137. The van der Waals surface area contributed by atoms with Gasteiger partial charge in [-0.15, -0.1) is 0 Å². The normalized spacial score (nSPS) is 11.6. The van der Waals surface area contributed by atoms with Gasteiger partial charge in [0, 0.05) is 6.20 Å². The average molecular weight is 320 g/mol. The van der Waals surface area contributed by atoms with Crippen LogP contribution >= 0.6 is 23.1 Å². The Bertz CT molecular complexity index is 655. The van der Waals surface area contributed by atoms with Crippen molar-refractivity contribution in [3.8, 4) is 0 Å². The first-order valence-corrected chi connectivity index (χ1v) is 6.82. The van der Waals surface area contributed by atoms with Crippen molar-refractivity contribution < 1.29 is 23.1 Å². The Kier molecular flexibility index (Phi) is 4.00. The summed E-state index contributed by atoms with van der Waals surface area (Å²) in [5, 5.41) is 9.01. The third kappa shape index (κ3) is 3.28. The predicted molar refractivity (Wildman–Crippen MR) is 67.2 cm³/mol. The van der Waals surface area contributed by atoms with Crippen LogP contribution in [0.5, 0.6) is 0 Å². The molecule has 0 fully saturated rings. The van der Waals surface area contributed by atoms with Crippen molar-refractivity contribution in [3.05, 3.63) is 34.5 Å². The summed E-state index contributed by atoms with van der Waals surface area (Å²) >= 11 is 1.81. The van der Waals surface area contributed by atoms with Crippen LogP contribution in [-0.2, 0) is 6.18 Å². The minimum Gasteiger partial charge on any atom is -0.477 e. The summed E-state index contributed by atoms with van der Waals surface area (Å²) in [6.07, 6.45) is -3.38. The van der Waals surface area contributed by atoms with Crippen LogP contribution in [-0.4, -0.2) is 21.0 Å². The standard InChI is InChI=1S/C11H7F3N2O2S2/c1-5-8(9(17)18)20-10(16-5)19-7-4-6(2-3-15-7)11(12,13)14/h2-4H,1H3,(H,17,18). The van der Waals surface area contributed by atoms with Crippen LogP contribution in [0, 0.1) is 6.92 Å². The first-order valence-electron chi connectivity index (χ1n) is 5.19. The number of hydrogen-bond donors (Lipinski definition) is 1. The van der Waals surface area contributed by atoms with E-state index in [1.54, 1.807) is 0 Å². The number of nitrogens with zero attached hydrogens (tertiary/aromatic N) is 2. The van der Waals surface area contributed by atoms with E-state index < -0.39 is 17.7 Å². The third-order valence-electron chi connectivity index (χ3n) is 2.23. The fraction of sp³-hybridized carbons (Fsp3) is 0.182. The molecule has 0 saturated heterocycles. The Balaban J connectivity index is 2.26. The van der Waals surface area contributed by atoms with Crippen LogP contribution in [0.25, 0.3) is 0 Å². The number of thiazole rings is 1. The molecule has 20 heavy (non-hydrogen) atoms. The topological polar surface area (TPSA) is 63.1 Å².